The topological polar surface area (TPSA) is 159 Å². The van der Waals surface area contributed by atoms with Crippen molar-refractivity contribution in [3.63, 3.8) is 0 Å². The van der Waals surface area contributed by atoms with Crippen molar-refractivity contribution < 1.29 is 61.9 Å². The van der Waals surface area contributed by atoms with Crippen LogP contribution in [0.5, 0.6) is 34.5 Å². The SMILES string of the molecule is C=CC(=O)OCCCCCCOc1ccc(OC(=O)C2CCC(COc3ccc(OCC4CCC(C=O)CC4)c(C=O)c3)CC2)cc1.C=CC(=O)OCCCCCCOc1ccc(OC)cc1.CC. The largest absolute Gasteiger partial charge is 0.497 e. The number of carbonyl (C=O) groups excluding carboxylic acids is 5. The Morgan fingerprint density at radius 3 is 1.46 bits per heavy atom. The van der Waals surface area contributed by atoms with Gasteiger partial charge in [0.05, 0.1) is 58.2 Å². The van der Waals surface area contributed by atoms with Gasteiger partial charge in [-0.25, -0.2) is 9.59 Å². The van der Waals surface area contributed by atoms with E-state index in [9.17, 15) is 24.0 Å². The second-order valence-corrected chi connectivity index (χ2v) is 16.9. The molecule has 69 heavy (non-hydrogen) atoms. The van der Waals surface area contributed by atoms with Crippen LogP contribution in [0.3, 0.4) is 0 Å². The fourth-order valence-corrected chi connectivity index (χ4v) is 7.75. The molecule has 13 nitrogen and oxygen atoms in total. The first-order chi connectivity index (χ1) is 33.7. The number of aldehydes is 2. The van der Waals surface area contributed by atoms with Crippen LogP contribution in [0.25, 0.3) is 0 Å². The van der Waals surface area contributed by atoms with Crippen molar-refractivity contribution in [2.24, 2.45) is 23.7 Å². The van der Waals surface area contributed by atoms with E-state index < -0.39 is 0 Å². The predicted molar refractivity (Wildman–Crippen MR) is 266 cm³/mol. The Balaban J connectivity index is 0.000000479. The summed E-state index contributed by atoms with van der Waals surface area (Å²) in [7, 11) is 1.64. The Labute approximate surface area is 410 Å². The monoisotopic (exact) mass is 957 g/mol. The summed E-state index contributed by atoms with van der Waals surface area (Å²) in [5, 5.41) is 0. The number of hydrogen-bond donors (Lipinski definition) is 0. The van der Waals surface area contributed by atoms with Crippen LogP contribution in [-0.4, -0.2) is 77.2 Å². The zero-order valence-electron chi connectivity index (χ0n) is 41.2. The molecule has 2 aliphatic carbocycles. The van der Waals surface area contributed by atoms with E-state index in [0.29, 0.717) is 74.3 Å². The molecule has 0 unspecified atom stereocenters. The van der Waals surface area contributed by atoms with Gasteiger partial charge >= 0.3 is 17.9 Å². The van der Waals surface area contributed by atoms with Gasteiger partial charge in [-0.1, -0.05) is 27.0 Å². The summed E-state index contributed by atoms with van der Waals surface area (Å²) < 4.78 is 44.0. The van der Waals surface area contributed by atoms with Gasteiger partial charge < -0.3 is 42.7 Å². The molecule has 3 aromatic carbocycles. The average Bonchev–Trinajstić information content (AvgIpc) is 3.40. The maximum absolute atomic E-state index is 12.8. The second kappa shape index (κ2) is 35.1. The second-order valence-electron chi connectivity index (χ2n) is 16.9. The lowest BCUT2D eigenvalue weighted by molar-refractivity contribution is -0.140. The number of benzene rings is 3. The number of ether oxygens (including phenoxy) is 8. The molecular weight excluding hydrogens is 881 g/mol. The number of esters is 3. The standard InChI is InChI=1S/C38H48O9.C16H22O4.C2H6/c1-2-37(41)44-22-6-4-3-5-21-43-33-15-17-34(18-16-33)47-38(42)31-13-11-30(12-14-31)26-45-35-19-20-36(32(23-35)25-40)46-27-29-9-7-28(24-39)8-10-29;1-3-16(17)20-13-7-5-4-6-12-19-15-10-8-14(18-2)9-11-15;1-2/h2,15-20,23-25,28-31H,1,3-14,21-22,26-27H2;3,8-11H,1,4-7,12-13H2,2H3;1-2H3. The van der Waals surface area contributed by atoms with E-state index in [4.69, 9.17) is 37.9 Å². The molecule has 0 amide bonds. The Morgan fingerprint density at radius 1 is 0.536 bits per heavy atom. The quantitative estimate of drug-likeness (QED) is 0.0213. The van der Waals surface area contributed by atoms with Gasteiger partial charge in [0.25, 0.3) is 0 Å². The molecule has 3 aromatic rings. The number of unbranched alkanes of at least 4 members (excludes halogenated alkanes) is 6. The molecule has 0 saturated heterocycles. The summed E-state index contributed by atoms with van der Waals surface area (Å²) in [5.74, 6) is 3.89. The van der Waals surface area contributed by atoms with E-state index in [1.807, 2.05) is 56.3 Å². The molecule has 378 valence electrons. The van der Waals surface area contributed by atoms with E-state index in [1.54, 1.807) is 31.4 Å². The third-order valence-electron chi connectivity index (χ3n) is 11.9. The molecule has 2 aliphatic rings. The minimum absolute atomic E-state index is 0.144. The molecular formula is C56H76O13. The highest BCUT2D eigenvalue weighted by atomic mass is 16.5. The van der Waals surface area contributed by atoms with Crippen LogP contribution in [0.1, 0.15) is 127 Å². The van der Waals surface area contributed by atoms with Crippen LogP contribution in [0, 0.1) is 23.7 Å². The van der Waals surface area contributed by atoms with Crippen molar-refractivity contribution >= 4 is 30.5 Å². The Hall–Kier alpha value is -6.11. The van der Waals surface area contributed by atoms with E-state index in [0.717, 1.165) is 133 Å². The summed E-state index contributed by atoms with van der Waals surface area (Å²) in [5.41, 5.74) is 0.465. The fourth-order valence-electron chi connectivity index (χ4n) is 7.75. The molecule has 0 atom stereocenters. The van der Waals surface area contributed by atoms with Gasteiger partial charge in [0, 0.05) is 18.1 Å². The number of carbonyl (C=O) groups is 5. The predicted octanol–water partition coefficient (Wildman–Crippen LogP) is 11.7. The van der Waals surface area contributed by atoms with Crippen molar-refractivity contribution in [2.45, 2.75) is 117 Å². The molecule has 0 N–H and O–H groups in total. The molecule has 2 fully saturated rings. The normalized spacial score (nSPS) is 17.1. The average molecular weight is 957 g/mol. The molecule has 5 rings (SSSR count). The summed E-state index contributed by atoms with van der Waals surface area (Å²) in [6, 6.07) is 20.0. The summed E-state index contributed by atoms with van der Waals surface area (Å²) in [6.45, 7) is 13.9. The zero-order valence-corrected chi connectivity index (χ0v) is 41.2. The van der Waals surface area contributed by atoms with Crippen LogP contribution >= 0.6 is 0 Å². The lowest BCUT2D eigenvalue weighted by Gasteiger charge is -2.27. The zero-order chi connectivity index (χ0) is 49.9. The van der Waals surface area contributed by atoms with Gasteiger partial charge in [-0.05, 0) is 181 Å². The van der Waals surface area contributed by atoms with E-state index in [-0.39, 0.29) is 29.7 Å². The minimum Gasteiger partial charge on any atom is -0.497 e. The molecule has 0 bridgehead atoms. The van der Waals surface area contributed by atoms with Crippen molar-refractivity contribution in [1.82, 2.24) is 0 Å². The van der Waals surface area contributed by atoms with E-state index >= 15 is 0 Å². The van der Waals surface area contributed by atoms with Gasteiger partial charge in [0.1, 0.15) is 40.8 Å². The Kier molecular flexibility index (Phi) is 29.1. The highest BCUT2D eigenvalue weighted by Crippen LogP contribution is 2.33. The number of rotatable bonds is 29. The van der Waals surface area contributed by atoms with Crippen LogP contribution in [-0.2, 0) is 28.7 Å². The lowest BCUT2D eigenvalue weighted by Crippen LogP contribution is -2.27. The highest BCUT2D eigenvalue weighted by molar-refractivity contribution is 5.81. The Bertz CT molecular complexity index is 1930. The molecule has 13 heteroatoms. The fraction of sp³-hybridized carbons (Fsp3) is 0.518. The molecule has 0 radical (unpaired) electrons. The van der Waals surface area contributed by atoms with Crippen molar-refractivity contribution in [2.75, 3.05) is 46.8 Å². The summed E-state index contributed by atoms with van der Waals surface area (Å²) >= 11 is 0. The van der Waals surface area contributed by atoms with Crippen LogP contribution in [0.15, 0.2) is 92.0 Å². The van der Waals surface area contributed by atoms with Crippen molar-refractivity contribution in [3.05, 3.63) is 97.6 Å². The van der Waals surface area contributed by atoms with Crippen LogP contribution < -0.4 is 28.4 Å². The summed E-state index contributed by atoms with van der Waals surface area (Å²) in [4.78, 5) is 57.3. The smallest absolute Gasteiger partial charge is 0.330 e. The lowest BCUT2D eigenvalue weighted by atomic mass is 9.82. The van der Waals surface area contributed by atoms with Gasteiger partial charge in [0.15, 0.2) is 6.29 Å². The Morgan fingerprint density at radius 2 is 0.986 bits per heavy atom. The first-order valence-corrected chi connectivity index (χ1v) is 24.8. The third-order valence-corrected chi connectivity index (χ3v) is 11.9. The van der Waals surface area contributed by atoms with Gasteiger partial charge in [-0.3, -0.25) is 9.59 Å². The number of methoxy groups -OCH3 is 1. The molecule has 0 aliphatic heterocycles. The van der Waals surface area contributed by atoms with Crippen LogP contribution in [0.2, 0.25) is 0 Å². The molecule has 0 heterocycles. The first-order valence-electron chi connectivity index (χ1n) is 24.8. The third kappa shape index (κ3) is 23.6. The van der Waals surface area contributed by atoms with E-state index in [1.165, 1.54) is 12.2 Å². The molecule has 2 saturated carbocycles. The molecule has 0 aromatic heterocycles. The van der Waals surface area contributed by atoms with Crippen molar-refractivity contribution in [1.29, 1.82) is 0 Å². The first kappa shape index (κ1) is 57.2. The highest BCUT2D eigenvalue weighted by Gasteiger charge is 2.28. The van der Waals surface area contributed by atoms with Gasteiger partial charge in [-0.15, -0.1) is 0 Å². The number of hydrogen-bond acceptors (Lipinski definition) is 13. The maximum atomic E-state index is 12.8. The van der Waals surface area contributed by atoms with Gasteiger partial charge in [0.2, 0.25) is 0 Å². The van der Waals surface area contributed by atoms with Crippen molar-refractivity contribution in [3.8, 4) is 34.5 Å². The maximum Gasteiger partial charge on any atom is 0.330 e. The van der Waals surface area contributed by atoms with E-state index in [2.05, 4.69) is 13.2 Å². The summed E-state index contributed by atoms with van der Waals surface area (Å²) in [6.07, 6.45) is 18.7. The molecule has 0 spiro atoms. The van der Waals surface area contributed by atoms with Gasteiger partial charge in [-0.2, -0.15) is 0 Å². The van der Waals surface area contributed by atoms with Crippen LogP contribution in [0.4, 0.5) is 0 Å². The minimum atomic E-state index is -0.389.